The number of fused-ring (bicyclic) bond motifs is 1. The Morgan fingerprint density at radius 2 is 2.16 bits per heavy atom. The van der Waals surface area contributed by atoms with E-state index in [1.54, 1.807) is 0 Å². The highest BCUT2D eigenvalue weighted by Crippen LogP contribution is 2.39. The van der Waals surface area contributed by atoms with Crippen LogP contribution in [0.4, 0.5) is 0 Å². The summed E-state index contributed by atoms with van der Waals surface area (Å²) in [5.74, 6) is 0. The van der Waals surface area contributed by atoms with Gasteiger partial charge in [-0.05, 0) is 31.4 Å². The molecular formula is C16H19N3. The Kier molecular flexibility index (Phi) is 3.04. The minimum absolute atomic E-state index is 0.0972. The normalized spacial score (nSPS) is 17.1. The number of benzene rings is 1. The average Bonchev–Trinajstić information content (AvgIpc) is 2.69. The van der Waals surface area contributed by atoms with Crippen LogP contribution >= 0.6 is 0 Å². The van der Waals surface area contributed by atoms with Gasteiger partial charge >= 0.3 is 0 Å². The first kappa shape index (κ1) is 12.3. The first-order valence-corrected chi connectivity index (χ1v) is 6.92. The molecule has 2 aromatic rings. The molecule has 2 N–H and O–H groups in total. The minimum Gasteiger partial charge on any atom is -0.358 e. The Hall–Kier alpha value is -1.79. The number of rotatable bonds is 4. The maximum absolute atomic E-state index is 9.22. The van der Waals surface area contributed by atoms with Crippen LogP contribution in [-0.4, -0.2) is 11.5 Å². The lowest BCUT2D eigenvalue weighted by atomic mass is 9.70. The van der Waals surface area contributed by atoms with Crippen molar-refractivity contribution in [3.63, 3.8) is 0 Å². The first-order chi connectivity index (χ1) is 9.24. The molecule has 98 valence electrons. The summed E-state index contributed by atoms with van der Waals surface area (Å²) in [6.45, 7) is 3.75. The summed E-state index contributed by atoms with van der Waals surface area (Å²) in [6.07, 6.45) is 3.29. The maximum atomic E-state index is 9.22. The molecule has 1 aliphatic carbocycles. The summed E-state index contributed by atoms with van der Waals surface area (Å²) in [4.78, 5) is 3.41. The van der Waals surface area contributed by atoms with Crippen molar-refractivity contribution < 1.29 is 0 Å². The van der Waals surface area contributed by atoms with E-state index in [-0.39, 0.29) is 5.41 Å². The summed E-state index contributed by atoms with van der Waals surface area (Å²) < 4.78 is 0. The molecule has 0 saturated heterocycles. The van der Waals surface area contributed by atoms with Gasteiger partial charge in [0.1, 0.15) is 0 Å². The van der Waals surface area contributed by atoms with E-state index >= 15 is 0 Å². The quantitative estimate of drug-likeness (QED) is 0.878. The fourth-order valence-electron chi connectivity index (χ4n) is 2.92. The number of nitrogens with zero attached hydrogens (tertiary/aromatic N) is 1. The fourth-order valence-corrected chi connectivity index (χ4v) is 2.92. The van der Waals surface area contributed by atoms with Crippen molar-refractivity contribution in [1.29, 1.82) is 5.26 Å². The summed E-state index contributed by atoms with van der Waals surface area (Å²) in [5.41, 5.74) is 3.63. The van der Waals surface area contributed by atoms with Gasteiger partial charge in [0, 0.05) is 29.7 Å². The topological polar surface area (TPSA) is 51.6 Å². The highest BCUT2D eigenvalue weighted by atomic mass is 14.9. The van der Waals surface area contributed by atoms with E-state index < -0.39 is 0 Å². The molecule has 0 unspecified atom stereocenters. The Morgan fingerprint density at radius 1 is 1.37 bits per heavy atom. The van der Waals surface area contributed by atoms with Gasteiger partial charge in [-0.15, -0.1) is 0 Å². The van der Waals surface area contributed by atoms with E-state index in [0.29, 0.717) is 0 Å². The molecule has 1 aromatic carbocycles. The third-order valence-electron chi connectivity index (χ3n) is 4.34. The second-order valence-corrected chi connectivity index (χ2v) is 5.62. The van der Waals surface area contributed by atoms with Gasteiger partial charge < -0.3 is 10.3 Å². The molecule has 0 radical (unpaired) electrons. The van der Waals surface area contributed by atoms with Gasteiger partial charge in [0.2, 0.25) is 0 Å². The summed E-state index contributed by atoms with van der Waals surface area (Å²) in [5, 5.41) is 14.0. The van der Waals surface area contributed by atoms with Crippen LogP contribution in [0.5, 0.6) is 0 Å². The second-order valence-electron chi connectivity index (χ2n) is 5.62. The van der Waals surface area contributed by atoms with Crippen molar-refractivity contribution in [2.45, 2.75) is 32.7 Å². The van der Waals surface area contributed by atoms with Crippen molar-refractivity contribution >= 4 is 10.9 Å². The molecule has 0 spiro atoms. The van der Waals surface area contributed by atoms with Crippen LogP contribution < -0.4 is 5.32 Å². The molecule has 1 heterocycles. The highest BCUT2D eigenvalue weighted by Gasteiger charge is 2.36. The molecule has 3 nitrogen and oxygen atoms in total. The number of aromatic nitrogens is 1. The van der Waals surface area contributed by atoms with Crippen molar-refractivity contribution in [2.75, 3.05) is 6.54 Å². The van der Waals surface area contributed by atoms with E-state index in [1.807, 2.05) is 0 Å². The lowest BCUT2D eigenvalue weighted by Crippen LogP contribution is -2.38. The molecule has 1 saturated carbocycles. The van der Waals surface area contributed by atoms with Crippen LogP contribution in [0, 0.1) is 23.7 Å². The van der Waals surface area contributed by atoms with Crippen LogP contribution in [0.25, 0.3) is 10.9 Å². The smallest absolute Gasteiger partial charge is 0.0703 e. The molecule has 3 rings (SSSR count). The maximum Gasteiger partial charge on any atom is 0.0703 e. The van der Waals surface area contributed by atoms with Gasteiger partial charge in [-0.3, -0.25) is 0 Å². The summed E-state index contributed by atoms with van der Waals surface area (Å²) in [6, 6.07) is 10.9. The number of aryl methyl sites for hydroxylation is 1. The lowest BCUT2D eigenvalue weighted by molar-refractivity contribution is 0.207. The Labute approximate surface area is 113 Å². The Morgan fingerprint density at radius 3 is 2.84 bits per heavy atom. The van der Waals surface area contributed by atoms with E-state index in [0.717, 1.165) is 25.9 Å². The van der Waals surface area contributed by atoms with Crippen molar-refractivity contribution in [3.8, 4) is 6.07 Å². The van der Waals surface area contributed by atoms with Gasteiger partial charge in [0.25, 0.3) is 0 Å². The third kappa shape index (κ3) is 2.13. The molecule has 3 heteroatoms. The molecule has 0 aliphatic heterocycles. The minimum atomic E-state index is -0.0972. The van der Waals surface area contributed by atoms with Gasteiger partial charge in [-0.1, -0.05) is 24.6 Å². The van der Waals surface area contributed by atoms with Gasteiger partial charge in [0.05, 0.1) is 11.5 Å². The van der Waals surface area contributed by atoms with E-state index in [2.05, 4.69) is 47.6 Å². The van der Waals surface area contributed by atoms with Crippen LogP contribution in [0.1, 0.15) is 30.5 Å². The molecule has 1 aliphatic rings. The molecular weight excluding hydrogens is 234 g/mol. The zero-order valence-electron chi connectivity index (χ0n) is 11.3. The number of nitriles is 1. The van der Waals surface area contributed by atoms with Crippen LogP contribution in [0.2, 0.25) is 0 Å². The number of H-pyrrole nitrogens is 1. The molecule has 1 fully saturated rings. The Bertz CT molecular complexity index is 629. The predicted octanol–water partition coefficient (Wildman–Crippen LogP) is 3.26. The summed E-state index contributed by atoms with van der Waals surface area (Å²) >= 11 is 0. The zero-order chi connectivity index (χ0) is 13.3. The van der Waals surface area contributed by atoms with Crippen LogP contribution in [0.15, 0.2) is 24.3 Å². The van der Waals surface area contributed by atoms with E-state index in [1.165, 1.54) is 28.6 Å². The van der Waals surface area contributed by atoms with Gasteiger partial charge in [0.15, 0.2) is 0 Å². The Balaban J connectivity index is 1.72. The standard InChI is InChI=1S/C16H19N3/c1-12-14(13-5-2-3-6-15(13)19-12)9-18-11-16(10-17)7-4-8-16/h2-3,5-6,18-19H,4,7-9,11H2,1H3. The number of nitrogens with one attached hydrogen (secondary N) is 2. The van der Waals surface area contributed by atoms with Gasteiger partial charge in [-0.2, -0.15) is 5.26 Å². The molecule has 0 bridgehead atoms. The van der Waals surface area contributed by atoms with Crippen LogP contribution in [-0.2, 0) is 6.54 Å². The number of hydrogen-bond acceptors (Lipinski definition) is 2. The molecule has 1 aromatic heterocycles. The van der Waals surface area contributed by atoms with E-state index in [4.69, 9.17) is 0 Å². The average molecular weight is 253 g/mol. The molecule has 0 atom stereocenters. The van der Waals surface area contributed by atoms with Crippen molar-refractivity contribution in [3.05, 3.63) is 35.5 Å². The largest absolute Gasteiger partial charge is 0.358 e. The fraction of sp³-hybridized carbons (Fsp3) is 0.438. The van der Waals surface area contributed by atoms with Gasteiger partial charge in [-0.25, -0.2) is 0 Å². The number of para-hydroxylation sites is 1. The van der Waals surface area contributed by atoms with E-state index in [9.17, 15) is 5.26 Å². The third-order valence-corrected chi connectivity index (χ3v) is 4.34. The lowest BCUT2D eigenvalue weighted by Gasteiger charge is -2.35. The second kappa shape index (κ2) is 4.71. The first-order valence-electron chi connectivity index (χ1n) is 6.92. The van der Waals surface area contributed by atoms with Crippen LogP contribution in [0.3, 0.4) is 0 Å². The monoisotopic (exact) mass is 253 g/mol. The molecule has 19 heavy (non-hydrogen) atoms. The predicted molar refractivity (Wildman–Crippen MR) is 76.6 cm³/mol. The van der Waals surface area contributed by atoms with Crippen molar-refractivity contribution in [1.82, 2.24) is 10.3 Å². The number of hydrogen-bond donors (Lipinski definition) is 2. The number of aromatic amines is 1. The zero-order valence-corrected chi connectivity index (χ0v) is 11.3. The molecule has 0 amide bonds. The SMILES string of the molecule is Cc1[nH]c2ccccc2c1CNCC1(C#N)CCC1. The highest BCUT2D eigenvalue weighted by molar-refractivity contribution is 5.84. The van der Waals surface area contributed by atoms with Crippen molar-refractivity contribution in [2.24, 2.45) is 5.41 Å². The summed E-state index contributed by atoms with van der Waals surface area (Å²) in [7, 11) is 0.